The summed E-state index contributed by atoms with van der Waals surface area (Å²) in [5.74, 6) is -0.0979. The molecule has 2 aromatic carbocycles. The molecule has 2 aromatic rings. The van der Waals surface area contributed by atoms with E-state index in [1.54, 1.807) is 11.0 Å². The number of rotatable bonds is 3. The van der Waals surface area contributed by atoms with Crippen molar-refractivity contribution in [3.05, 3.63) is 75.8 Å². The van der Waals surface area contributed by atoms with E-state index in [4.69, 9.17) is 0 Å². The smallest absolute Gasteiger partial charge is 0.252 e. The zero-order valence-electron chi connectivity index (χ0n) is 11.9. The quantitative estimate of drug-likeness (QED) is 0.856. The standard InChI is InChI=1S/C18H16BrNO2/c19-15-8-6-14(7-9-15)11-20-12-17(21)16(18(20)22)10-13-4-2-1-3-5-13/h1-10,17,21H,11-12H2/b16-10+/t17-/m0/s1. The molecule has 0 saturated carbocycles. The fourth-order valence-corrected chi connectivity index (χ4v) is 2.81. The molecule has 4 heteroatoms. The van der Waals surface area contributed by atoms with E-state index in [1.807, 2.05) is 54.6 Å². The summed E-state index contributed by atoms with van der Waals surface area (Å²) >= 11 is 3.40. The number of aliphatic hydroxyl groups is 1. The second-order valence-electron chi connectivity index (χ2n) is 5.34. The molecule has 3 nitrogen and oxygen atoms in total. The molecule has 3 rings (SSSR count). The summed E-state index contributed by atoms with van der Waals surface area (Å²) in [7, 11) is 0. The Morgan fingerprint density at radius 3 is 2.50 bits per heavy atom. The van der Waals surface area contributed by atoms with Gasteiger partial charge in [0.2, 0.25) is 0 Å². The molecule has 1 heterocycles. The number of halogens is 1. The van der Waals surface area contributed by atoms with E-state index >= 15 is 0 Å². The van der Waals surface area contributed by atoms with Crippen molar-refractivity contribution in [3.63, 3.8) is 0 Å². The maximum absolute atomic E-state index is 12.5. The molecule has 0 unspecified atom stereocenters. The van der Waals surface area contributed by atoms with Crippen LogP contribution in [0.5, 0.6) is 0 Å². The number of hydrogen-bond acceptors (Lipinski definition) is 2. The normalized spacial score (nSPS) is 19.9. The Hall–Kier alpha value is -1.91. The lowest BCUT2D eigenvalue weighted by Gasteiger charge is -2.15. The summed E-state index contributed by atoms with van der Waals surface area (Å²) in [6.45, 7) is 0.850. The van der Waals surface area contributed by atoms with E-state index < -0.39 is 6.10 Å². The third-order valence-electron chi connectivity index (χ3n) is 3.69. The Morgan fingerprint density at radius 1 is 1.14 bits per heavy atom. The van der Waals surface area contributed by atoms with E-state index in [0.717, 1.165) is 15.6 Å². The number of aliphatic hydroxyl groups excluding tert-OH is 1. The van der Waals surface area contributed by atoms with Crippen molar-refractivity contribution >= 4 is 27.9 Å². The molecule has 1 atom stereocenters. The molecular weight excluding hydrogens is 342 g/mol. The summed E-state index contributed by atoms with van der Waals surface area (Å²) in [5, 5.41) is 10.2. The van der Waals surface area contributed by atoms with Crippen LogP contribution in [0.2, 0.25) is 0 Å². The first-order chi connectivity index (χ1) is 10.6. The van der Waals surface area contributed by atoms with Gasteiger partial charge in [-0.25, -0.2) is 0 Å². The van der Waals surface area contributed by atoms with Crippen LogP contribution < -0.4 is 0 Å². The largest absolute Gasteiger partial charge is 0.386 e. The molecule has 0 aliphatic carbocycles. The molecule has 0 aromatic heterocycles. The van der Waals surface area contributed by atoms with Crippen molar-refractivity contribution in [2.24, 2.45) is 0 Å². The first-order valence-electron chi connectivity index (χ1n) is 7.12. The highest BCUT2D eigenvalue weighted by Crippen LogP contribution is 2.23. The van der Waals surface area contributed by atoms with Gasteiger partial charge in [0, 0.05) is 16.6 Å². The van der Waals surface area contributed by atoms with Crippen LogP contribution in [0.15, 0.2) is 64.6 Å². The van der Waals surface area contributed by atoms with Gasteiger partial charge in [0.1, 0.15) is 6.10 Å². The average molecular weight is 358 g/mol. The lowest BCUT2D eigenvalue weighted by atomic mass is 10.1. The predicted octanol–water partition coefficient (Wildman–Crippen LogP) is 3.24. The minimum Gasteiger partial charge on any atom is -0.386 e. The number of likely N-dealkylation sites (tertiary alicyclic amines) is 1. The molecule has 0 bridgehead atoms. The van der Waals surface area contributed by atoms with Crippen LogP contribution in [0.1, 0.15) is 11.1 Å². The topological polar surface area (TPSA) is 40.5 Å². The summed E-state index contributed by atoms with van der Waals surface area (Å²) in [6, 6.07) is 17.4. The predicted molar refractivity (Wildman–Crippen MR) is 90.0 cm³/mol. The van der Waals surface area contributed by atoms with Crippen molar-refractivity contribution in [1.29, 1.82) is 0 Å². The molecule has 1 aliphatic rings. The number of benzene rings is 2. The van der Waals surface area contributed by atoms with Gasteiger partial charge in [-0.3, -0.25) is 4.79 Å². The summed E-state index contributed by atoms with van der Waals surface area (Å²) in [6.07, 6.45) is 1.04. The molecule has 1 N–H and O–H groups in total. The van der Waals surface area contributed by atoms with E-state index in [2.05, 4.69) is 15.9 Å². The van der Waals surface area contributed by atoms with Crippen molar-refractivity contribution in [1.82, 2.24) is 4.90 Å². The minimum absolute atomic E-state index is 0.0979. The minimum atomic E-state index is -0.733. The highest BCUT2D eigenvalue weighted by molar-refractivity contribution is 9.10. The Balaban J connectivity index is 1.78. The Kier molecular flexibility index (Phi) is 4.41. The zero-order valence-corrected chi connectivity index (χ0v) is 13.5. The second-order valence-corrected chi connectivity index (χ2v) is 6.25. The van der Waals surface area contributed by atoms with E-state index in [1.165, 1.54) is 0 Å². The van der Waals surface area contributed by atoms with Gasteiger partial charge in [-0.1, -0.05) is 58.4 Å². The zero-order chi connectivity index (χ0) is 15.5. The van der Waals surface area contributed by atoms with Crippen LogP contribution >= 0.6 is 15.9 Å². The Labute approximate surface area is 138 Å². The molecule has 0 radical (unpaired) electrons. The first kappa shape index (κ1) is 15.0. The number of β-amino-alcohol motifs (C(OH)–C–C–N with tert-alkyl or cyclic N) is 1. The van der Waals surface area contributed by atoms with E-state index in [0.29, 0.717) is 18.7 Å². The molecule has 0 spiro atoms. The number of carbonyl (C=O) groups excluding carboxylic acids is 1. The third kappa shape index (κ3) is 3.29. The molecule has 1 amide bonds. The van der Waals surface area contributed by atoms with Crippen molar-refractivity contribution < 1.29 is 9.90 Å². The molecule has 1 aliphatic heterocycles. The van der Waals surface area contributed by atoms with Gasteiger partial charge in [-0.2, -0.15) is 0 Å². The van der Waals surface area contributed by atoms with Gasteiger partial charge in [0.25, 0.3) is 5.91 Å². The van der Waals surface area contributed by atoms with Gasteiger partial charge in [0.15, 0.2) is 0 Å². The number of hydrogen-bond donors (Lipinski definition) is 1. The maximum Gasteiger partial charge on any atom is 0.252 e. The summed E-state index contributed by atoms with van der Waals surface area (Å²) in [4.78, 5) is 14.2. The SMILES string of the molecule is O=C1/C(=C/c2ccccc2)[C@@H](O)CN1Cc1ccc(Br)cc1. The number of amides is 1. The van der Waals surface area contributed by atoms with Crippen LogP contribution in [0.4, 0.5) is 0 Å². The van der Waals surface area contributed by atoms with Crippen LogP contribution in [-0.2, 0) is 11.3 Å². The van der Waals surface area contributed by atoms with Crippen molar-refractivity contribution in [2.75, 3.05) is 6.54 Å². The van der Waals surface area contributed by atoms with Crippen LogP contribution in [0.25, 0.3) is 6.08 Å². The molecule has 112 valence electrons. The highest BCUT2D eigenvalue weighted by atomic mass is 79.9. The first-order valence-corrected chi connectivity index (χ1v) is 7.91. The van der Waals surface area contributed by atoms with E-state index in [-0.39, 0.29) is 5.91 Å². The fourth-order valence-electron chi connectivity index (χ4n) is 2.55. The molecule has 22 heavy (non-hydrogen) atoms. The van der Waals surface area contributed by atoms with Crippen LogP contribution in [0, 0.1) is 0 Å². The number of nitrogens with zero attached hydrogens (tertiary/aromatic N) is 1. The van der Waals surface area contributed by atoms with Crippen molar-refractivity contribution in [3.8, 4) is 0 Å². The lowest BCUT2D eigenvalue weighted by Crippen LogP contribution is -2.25. The van der Waals surface area contributed by atoms with Crippen LogP contribution in [0.3, 0.4) is 0 Å². The molecule has 1 saturated heterocycles. The van der Waals surface area contributed by atoms with E-state index in [9.17, 15) is 9.90 Å². The molecule has 1 fully saturated rings. The Morgan fingerprint density at radius 2 is 1.82 bits per heavy atom. The van der Waals surface area contributed by atoms with Gasteiger partial charge < -0.3 is 10.0 Å². The monoisotopic (exact) mass is 357 g/mol. The maximum atomic E-state index is 12.5. The lowest BCUT2D eigenvalue weighted by molar-refractivity contribution is -0.125. The van der Waals surface area contributed by atoms with Crippen molar-refractivity contribution in [2.45, 2.75) is 12.6 Å². The fraction of sp³-hybridized carbons (Fsp3) is 0.167. The summed E-state index contributed by atoms with van der Waals surface area (Å²) < 4.78 is 1.01. The number of carbonyl (C=O) groups is 1. The van der Waals surface area contributed by atoms with Gasteiger partial charge in [0.05, 0.1) is 6.54 Å². The van der Waals surface area contributed by atoms with Gasteiger partial charge in [-0.05, 0) is 29.3 Å². The van der Waals surface area contributed by atoms with Crippen LogP contribution in [-0.4, -0.2) is 28.6 Å². The average Bonchev–Trinajstić information content (AvgIpc) is 2.78. The second kappa shape index (κ2) is 6.46. The van der Waals surface area contributed by atoms with Gasteiger partial charge in [-0.15, -0.1) is 0 Å². The third-order valence-corrected chi connectivity index (χ3v) is 4.22. The molecular formula is C18H16BrNO2. The Bertz CT molecular complexity index is 695. The highest BCUT2D eigenvalue weighted by Gasteiger charge is 2.33. The van der Waals surface area contributed by atoms with Gasteiger partial charge >= 0.3 is 0 Å². The summed E-state index contributed by atoms with van der Waals surface area (Å²) in [5.41, 5.74) is 2.43.